The van der Waals surface area contributed by atoms with Gasteiger partial charge in [-0.15, -0.1) is 11.6 Å². The first-order valence-corrected chi connectivity index (χ1v) is 7.37. The first kappa shape index (κ1) is 15.3. The second kappa shape index (κ2) is 7.63. The van der Waals surface area contributed by atoms with Crippen molar-refractivity contribution in [3.63, 3.8) is 0 Å². The largest absolute Gasteiger partial charge is 0.293 e. The summed E-state index contributed by atoms with van der Waals surface area (Å²) in [5.74, 6) is 0.226. The van der Waals surface area contributed by atoms with Crippen molar-refractivity contribution in [1.29, 1.82) is 0 Å². The molecule has 2 aromatic rings. The fourth-order valence-electron chi connectivity index (χ4n) is 2.08. The van der Waals surface area contributed by atoms with Crippen molar-refractivity contribution < 1.29 is 4.39 Å². The summed E-state index contributed by atoms with van der Waals surface area (Å²) in [7, 11) is 0. The molecule has 0 aliphatic heterocycles. The Morgan fingerprint density at radius 2 is 1.70 bits per heavy atom. The lowest BCUT2D eigenvalue weighted by Gasteiger charge is -2.22. The third-order valence-corrected chi connectivity index (χ3v) is 3.62. The minimum Gasteiger partial charge on any atom is -0.293 e. The van der Waals surface area contributed by atoms with Gasteiger partial charge in [-0.05, 0) is 17.7 Å². The van der Waals surface area contributed by atoms with Gasteiger partial charge in [0.25, 0.3) is 0 Å². The van der Waals surface area contributed by atoms with Crippen LogP contribution in [0, 0.1) is 5.82 Å². The van der Waals surface area contributed by atoms with Crippen LogP contribution in [0.2, 0.25) is 5.02 Å². The Morgan fingerprint density at radius 3 is 2.35 bits per heavy atom. The highest BCUT2D eigenvalue weighted by Gasteiger charge is 2.12. The van der Waals surface area contributed by atoms with E-state index in [2.05, 4.69) is 4.90 Å². The van der Waals surface area contributed by atoms with Gasteiger partial charge in [0.05, 0.1) is 0 Å². The maximum Gasteiger partial charge on any atom is 0.129 e. The maximum absolute atomic E-state index is 13.8. The van der Waals surface area contributed by atoms with Crippen LogP contribution in [0.1, 0.15) is 11.1 Å². The van der Waals surface area contributed by atoms with Crippen LogP contribution in [-0.2, 0) is 13.1 Å². The van der Waals surface area contributed by atoms with E-state index in [1.165, 1.54) is 11.6 Å². The van der Waals surface area contributed by atoms with Gasteiger partial charge in [0.1, 0.15) is 5.82 Å². The van der Waals surface area contributed by atoms with Crippen molar-refractivity contribution in [2.75, 3.05) is 12.4 Å². The van der Waals surface area contributed by atoms with E-state index in [1.54, 1.807) is 12.1 Å². The van der Waals surface area contributed by atoms with E-state index in [9.17, 15) is 4.39 Å². The summed E-state index contributed by atoms with van der Waals surface area (Å²) in [5.41, 5.74) is 1.69. The van der Waals surface area contributed by atoms with Crippen LogP contribution in [-0.4, -0.2) is 17.3 Å². The van der Waals surface area contributed by atoms with Crippen LogP contribution in [0.25, 0.3) is 0 Å². The van der Waals surface area contributed by atoms with Crippen molar-refractivity contribution in [1.82, 2.24) is 4.90 Å². The van der Waals surface area contributed by atoms with Gasteiger partial charge in [0.15, 0.2) is 0 Å². The lowest BCUT2D eigenvalue weighted by atomic mass is 10.1. The van der Waals surface area contributed by atoms with E-state index < -0.39 is 0 Å². The third kappa shape index (κ3) is 4.20. The molecule has 2 rings (SSSR count). The molecule has 0 aromatic heterocycles. The average Bonchev–Trinajstić information content (AvgIpc) is 2.44. The van der Waals surface area contributed by atoms with Crippen LogP contribution < -0.4 is 0 Å². The number of benzene rings is 2. The van der Waals surface area contributed by atoms with Gasteiger partial charge in [-0.2, -0.15) is 0 Å². The first-order valence-electron chi connectivity index (χ1n) is 6.46. The molecule has 0 N–H and O–H groups in total. The van der Waals surface area contributed by atoms with E-state index in [-0.39, 0.29) is 5.82 Å². The Labute approximate surface area is 128 Å². The molecule has 0 atom stereocenters. The second-order valence-corrected chi connectivity index (χ2v) is 5.37. The molecule has 0 aliphatic rings. The molecule has 20 heavy (non-hydrogen) atoms. The highest BCUT2D eigenvalue weighted by atomic mass is 35.5. The molecule has 1 nitrogen and oxygen atoms in total. The van der Waals surface area contributed by atoms with E-state index in [4.69, 9.17) is 23.2 Å². The smallest absolute Gasteiger partial charge is 0.129 e. The maximum atomic E-state index is 13.8. The number of nitrogens with zero attached hydrogens (tertiary/aromatic N) is 1. The van der Waals surface area contributed by atoms with Crippen molar-refractivity contribution in [2.24, 2.45) is 0 Å². The van der Waals surface area contributed by atoms with Gasteiger partial charge < -0.3 is 0 Å². The molecule has 0 bridgehead atoms. The van der Waals surface area contributed by atoms with Crippen molar-refractivity contribution >= 4 is 23.2 Å². The Morgan fingerprint density at radius 1 is 0.950 bits per heavy atom. The number of alkyl halides is 1. The summed E-state index contributed by atoms with van der Waals surface area (Å²) in [6.07, 6.45) is 0. The molecule has 0 radical (unpaired) electrons. The first-order chi connectivity index (χ1) is 9.70. The SMILES string of the molecule is Fc1cccc(Cl)c1CN(CCCl)Cc1ccccc1. The van der Waals surface area contributed by atoms with Crippen LogP contribution in [0.5, 0.6) is 0 Å². The summed E-state index contributed by atoms with van der Waals surface area (Å²) in [6.45, 7) is 1.85. The van der Waals surface area contributed by atoms with Crippen molar-refractivity contribution in [2.45, 2.75) is 13.1 Å². The molecule has 0 saturated carbocycles. The van der Waals surface area contributed by atoms with Crippen LogP contribution in [0.3, 0.4) is 0 Å². The van der Waals surface area contributed by atoms with E-state index >= 15 is 0 Å². The predicted molar refractivity (Wildman–Crippen MR) is 82.7 cm³/mol. The summed E-state index contributed by atoms with van der Waals surface area (Å²) in [6, 6.07) is 14.8. The number of hydrogen-bond acceptors (Lipinski definition) is 1. The van der Waals surface area contributed by atoms with E-state index in [1.807, 2.05) is 30.3 Å². The van der Waals surface area contributed by atoms with Gasteiger partial charge in [-0.1, -0.05) is 48.0 Å². The highest BCUT2D eigenvalue weighted by Crippen LogP contribution is 2.21. The number of hydrogen-bond donors (Lipinski definition) is 0. The normalized spacial score (nSPS) is 11.0. The Kier molecular flexibility index (Phi) is 5.84. The third-order valence-electron chi connectivity index (χ3n) is 3.09. The second-order valence-electron chi connectivity index (χ2n) is 4.59. The molecular formula is C16H16Cl2FN. The average molecular weight is 312 g/mol. The molecule has 0 spiro atoms. The standard InChI is InChI=1S/C16H16Cl2FN/c17-9-10-20(11-13-5-2-1-3-6-13)12-14-15(18)7-4-8-16(14)19/h1-8H,9-12H2. The van der Waals surface area contributed by atoms with E-state index in [0.29, 0.717) is 29.6 Å². The topological polar surface area (TPSA) is 3.24 Å². The van der Waals surface area contributed by atoms with Crippen molar-refractivity contribution in [3.05, 3.63) is 70.5 Å². The lowest BCUT2D eigenvalue weighted by Crippen LogP contribution is -2.25. The molecular weight excluding hydrogens is 296 g/mol. The monoisotopic (exact) mass is 311 g/mol. The fourth-order valence-corrected chi connectivity index (χ4v) is 2.54. The molecule has 2 aromatic carbocycles. The summed E-state index contributed by atoms with van der Waals surface area (Å²) in [5, 5.41) is 0.456. The lowest BCUT2D eigenvalue weighted by molar-refractivity contribution is 0.269. The van der Waals surface area contributed by atoms with Gasteiger partial charge >= 0.3 is 0 Å². The van der Waals surface area contributed by atoms with Crippen molar-refractivity contribution in [3.8, 4) is 0 Å². The van der Waals surface area contributed by atoms with Crippen LogP contribution >= 0.6 is 23.2 Å². The molecule has 0 fully saturated rings. The number of rotatable bonds is 6. The zero-order chi connectivity index (χ0) is 14.4. The minimum atomic E-state index is -0.273. The van der Waals surface area contributed by atoms with Crippen LogP contribution in [0.15, 0.2) is 48.5 Å². The van der Waals surface area contributed by atoms with Gasteiger partial charge in [0, 0.05) is 36.1 Å². The summed E-state index contributed by atoms with van der Waals surface area (Å²) >= 11 is 11.9. The molecule has 0 aliphatic carbocycles. The Balaban J connectivity index is 2.13. The minimum absolute atomic E-state index is 0.273. The zero-order valence-electron chi connectivity index (χ0n) is 11.0. The molecule has 0 amide bonds. The van der Waals surface area contributed by atoms with Gasteiger partial charge in [-0.3, -0.25) is 4.90 Å². The van der Waals surface area contributed by atoms with Gasteiger partial charge in [-0.25, -0.2) is 4.39 Å². The highest BCUT2D eigenvalue weighted by molar-refractivity contribution is 6.31. The summed E-state index contributed by atoms with van der Waals surface area (Å²) < 4.78 is 13.8. The van der Waals surface area contributed by atoms with Gasteiger partial charge in [0.2, 0.25) is 0 Å². The number of halogens is 3. The predicted octanol–water partition coefficient (Wildman–Crippen LogP) is 4.72. The Bertz CT molecular complexity index is 525. The fraction of sp³-hybridized carbons (Fsp3) is 0.250. The Hall–Kier alpha value is -1.09. The quantitative estimate of drug-likeness (QED) is 0.698. The molecule has 0 heterocycles. The molecule has 0 saturated heterocycles. The molecule has 106 valence electrons. The van der Waals surface area contributed by atoms with E-state index in [0.717, 1.165) is 6.54 Å². The summed E-state index contributed by atoms with van der Waals surface area (Å²) in [4.78, 5) is 2.09. The van der Waals surface area contributed by atoms with Crippen LogP contribution in [0.4, 0.5) is 4.39 Å². The molecule has 0 unspecified atom stereocenters. The molecule has 4 heteroatoms. The zero-order valence-corrected chi connectivity index (χ0v) is 12.5.